The number of aryl methyl sites for hydroxylation is 1. The van der Waals surface area contributed by atoms with Gasteiger partial charge in [0, 0.05) is 61.6 Å². The second-order valence-corrected chi connectivity index (χ2v) is 6.96. The first-order valence-electron chi connectivity index (χ1n) is 9.63. The highest BCUT2D eigenvalue weighted by Crippen LogP contribution is 2.28. The van der Waals surface area contributed by atoms with Crippen molar-refractivity contribution in [3.8, 4) is 0 Å². The first-order chi connectivity index (χ1) is 13.3. The molecule has 1 aliphatic heterocycles. The normalized spacial score (nSPS) is 14.3. The monoisotopic (exact) mass is 363 g/mol. The van der Waals surface area contributed by atoms with Crippen molar-refractivity contribution in [2.45, 2.75) is 32.9 Å². The summed E-state index contributed by atoms with van der Waals surface area (Å²) in [6.45, 7) is 6.43. The third kappa shape index (κ3) is 3.71. The molecule has 0 bridgehead atoms. The molecule has 1 aliphatic rings. The van der Waals surface area contributed by atoms with Crippen molar-refractivity contribution in [1.29, 1.82) is 0 Å². The number of pyridine rings is 1. The Morgan fingerprint density at radius 3 is 3.00 bits per heavy atom. The number of hydrogen-bond acceptors (Lipinski definition) is 4. The molecule has 6 heteroatoms. The first kappa shape index (κ1) is 17.7. The van der Waals surface area contributed by atoms with Gasteiger partial charge in [-0.1, -0.05) is 25.1 Å². The number of nitrogens with zero attached hydrogens (tertiary/aromatic N) is 4. The zero-order chi connectivity index (χ0) is 18.6. The van der Waals surface area contributed by atoms with E-state index < -0.39 is 0 Å². The lowest BCUT2D eigenvalue weighted by atomic mass is 9.95. The highest BCUT2D eigenvalue weighted by atomic mass is 16.1. The van der Waals surface area contributed by atoms with Crippen molar-refractivity contribution in [3.05, 3.63) is 59.8 Å². The van der Waals surface area contributed by atoms with Gasteiger partial charge in [0.1, 0.15) is 0 Å². The summed E-state index contributed by atoms with van der Waals surface area (Å²) in [7, 11) is 0. The number of hydrogen-bond donors (Lipinski definition) is 1. The molecule has 1 amide bonds. The highest BCUT2D eigenvalue weighted by Gasteiger charge is 2.24. The van der Waals surface area contributed by atoms with Crippen LogP contribution in [0.5, 0.6) is 0 Å². The number of amides is 1. The first-order valence-corrected chi connectivity index (χ1v) is 9.63. The van der Waals surface area contributed by atoms with Gasteiger partial charge in [0.05, 0.1) is 17.4 Å². The van der Waals surface area contributed by atoms with Crippen molar-refractivity contribution in [2.75, 3.05) is 19.6 Å². The quantitative estimate of drug-likeness (QED) is 0.684. The third-order valence-corrected chi connectivity index (χ3v) is 5.24. The third-order valence-electron chi connectivity index (χ3n) is 5.24. The van der Waals surface area contributed by atoms with Crippen LogP contribution in [-0.4, -0.2) is 45.0 Å². The second kappa shape index (κ2) is 7.88. The number of rotatable bonds is 6. The number of carbonyl (C=O) groups is 1. The molecule has 1 aromatic carbocycles. The summed E-state index contributed by atoms with van der Waals surface area (Å²) in [5.74, 6) is 0.00781. The van der Waals surface area contributed by atoms with E-state index in [0.717, 1.165) is 66.7 Å². The summed E-state index contributed by atoms with van der Waals surface area (Å²) in [5, 5.41) is 4.06. The van der Waals surface area contributed by atoms with E-state index in [9.17, 15) is 4.79 Å². The van der Waals surface area contributed by atoms with Crippen LogP contribution in [0.15, 0.2) is 43.0 Å². The average molecular weight is 363 g/mol. The lowest BCUT2D eigenvalue weighted by molar-refractivity contribution is 0.0951. The maximum atomic E-state index is 13.1. The maximum absolute atomic E-state index is 13.1. The largest absolute Gasteiger partial charge is 0.352 e. The van der Waals surface area contributed by atoms with Crippen LogP contribution in [0.4, 0.5) is 0 Å². The number of fused-ring (bicyclic) bond motifs is 2. The smallest absolute Gasteiger partial charge is 0.252 e. The molecule has 0 spiro atoms. The predicted molar refractivity (Wildman–Crippen MR) is 106 cm³/mol. The number of nitrogens with one attached hydrogen (secondary N) is 1. The van der Waals surface area contributed by atoms with Gasteiger partial charge in [-0.05, 0) is 19.0 Å². The van der Waals surface area contributed by atoms with Gasteiger partial charge in [0.25, 0.3) is 5.91 Å². The Bertz CT molecular complexity index is 935. The molecular weight excluding hydrogens is 338 g/mol. The predicted octanol–water partition coefficient (Wildman–Crippen LogP) is 2.63. The Balaban J connectivity index is 1.58. The van der Waals surface area contributed by atoms with E-state index in [4.69, 9.17) is 4.98 Å². The summed E-state index contributed by atoms with van der Waals surface area (Å²) in [5.41, 5.74) is 3.87. The van der Waals surface area contributed by atoms with Crippen LogP contribution < -0.4 is 5.32 Å². The van der Waals surface area contributed by atoms with Crippen LogP contribution in [0.1, 0.15) is 35.0 Å². The fourth-order valence-electron chi connectivity index (χ4n) is 3.75. The molecule has 27 heavy (non-hydrogen) atoms. The van der Waals surface area contributed by atoms with Crippen molar-refractivity contribution in [3.63, 3.8) is 0 Å². The van der Waals surface area contributed by atoms with E-state index in [1.54, 1.807) is 12.5 Å². The van der Waals surface area contributed by atoms with Crippen molar-refractivity contribution >= 4 is 16.8 Å². The van der Waals surface area contributed by atoms with Gasteiger partial charge in [-0.3, -0.25) is 14.7 Å². The summed E-state index contributed by atoms with van der Waals surface area (Å²) < 4.78 is 2.02. The molecule has 3 aromatic rings. The molecule has 3 heterocycles. The lowest BCUT2D eigenvalue weighted by Crippen LogP contribution is -2.34. The SMILES string of the molecule is CCN1CCc2nc3ccccc3c(C(=O)NCCCn3ccnc3)c2C1. The molecule has 0 saturated carbocycles. The fraction of sp³-hybridized carbons (Fsp3) is 0.381. The Hall–Kier alpha value is -2.73. The Morgan fingerprint density at radius 1 is 1.30 bits per heavy atom. The summed E-state index contributed by atoms with van der Waals surface area (Å²) in [6, 6.07) is 7.97. The minimum Gasteiger partial charge on any atom is -0.352 e. The van der Waals surface area contributed by atoms with Gasteiger partial charge in [0.2, 0.25) is 0 Å². The number of benzene rings is 1. The van der Waals surface area contributed by atoms with Crippen molar-refractivity contribution in [2.24, 2.45) is 0 Å². The average Bonchev–Trinajstić information content (AvgIpc) is 3.22. The summed E-state index contributed by atoms with van der Waals surface area (Å²) in [6.07, 6.45) is 7.28. The number of carbonyl (C=O) groups excluding carboxylic acids is 1. The van der Waals surface area contributed by atoms with Gasteiger partial charge in [0.15, 0.2) is 0 Å². The van der Waals surface area contributed by atoms with E-state index >= 15 is 0 Å². The van der Waals surface area contributed by atoms with E-state index in [1.165, 1.54) is 0 Å². The molecular formula is C21H25N5O. The minimum atomic E-state index is 0.00781. The van der Waals surface area contributed by atoms with Crippen LogP contribution in [-0.2, 0) is 19.5 Å². The van der Waals surface area contributed by atoms with Crippen LogP contribution in [0, 0.1) is 0 Å². The summed E-state index contributed by atoms with van der Waals surface area (Å²) >= 11 is 0. The van der Waals surface area contributed by atoms with Crippen LogP contribution in [0.2, 0.25) is 0 Å². The van der Waals surface area contributed by atoms with E-state index in [0.29, 0.717) is 6.54 Å². The van der Waals surface area contributed by atoms with Crippen LogP contribution >= 0.6 is 0 Å². The molecule has 1 N–H and O–H groups in total. The van der Waals surface area contributed by atoms with E-state index in [-0.39, 0.29) is 5.91 Å². The Labute approximate surface area is 159 Å². The molecule has 0 aliphatic carbocycles. The molecule has 140 valence electrons. The van der Waals surface area contributed by atoms with E-state index in [2.05, 4.69) is 22.1 Å². The summed E-state index contributed by atoms with van der Waals surface area (Å²) in [4.78, 5) is 24.4. The standard InChI is InChI=1S/C21H25N5O/c1-2-25-12-8-19-17(14-25)20(16-6-3-4-7-18(16)24-19)21(27)23-9-5-11-26-13-10-22-15-26/h3-4,6-7,10,13,15H,2,5,8-9,11-12,14H2,1H3,(H,23,27). The van der Waals surface area contributed by atoms with Gasteiger partial charge in [-0.15, -0.1) is 0 Å². The maximum Gasteiger partial charge on any atom is 0.252 e. The van der Waals surface area contributed by atoms with Gasteiger partial charge in [-0.2, -0.15) is 0 Å². The highest BCUT2D eigenvalue weighted by molar-refractivity contribution is 6.07. The molecule has 0 unspecified atom stereocenters. The lowest BCUT2D eigenvalue weighted by Gasteiger charge is -2.29. The number of imidazole rings is 1. The zero-order valence-electron chi connectivity index (χ0n) is 15.7. The fourth-order valence-corrected chi connectivity index (χ4v) is 3.75. The van der Waals surface area contributed by atoms with E-state index in [1.807, 2.05) is 35.0 Å². The molecule has 6 nitrogen and oxygen atoms in total. The molecule has 0 atom stereocenters. The number of aromatic nitrogens is 3. The number of para-hydroxylation sites is 1. The topological polar surface area (TPSA) is 63.1 Å². The molecule has 0 saturated heterocycles. The molecule has 0 radical (unpaired) electrons. The molecule has 2 aromatic heterocycles. The van der Waals surface area contributed by atoms with Crippen molar-refractivity contribution < 1.29 is 4.79 Å². The van der Waals surface area contributed by atoms with Gasteiger partial charge < -0.3 is 9.88 Å². The Morgan fingerprint density at radius 2 is 2.19 bits per heavy atom. The Kier molecular flexibility index (Phi) is 5.16. The molecule has 0 fully saturated rings. The minimum absolute atomic E-state index is 0.00781. The number of likely N-dealkylation sites (N-methyl/N-ethyl adjacent to an activating group) is 1. The van der Waals surface area contributed by atoms with Crippen LogP contribution in [0.25, 0.3) is 10.9 Å². The zero-order valence-corrected chi connectivity index (χ0v) is 15.7. The van der Waals surface area contributed by atoms with Gasteiger partial charge >= 0.3 is 0 Å². The van der Waals surface area contributed by atoms with Crippen molar-refractivity contribution in [1.82, 2.24) is 24.8 Å². The second-order valence-electron chi connectivity index (χ2n) is 6.96. The van der Waals surface area contributed by atoms with Crippen LogP contribution in [0.3, 0.4) is 0 Å². The molecule has 4 rings (SSSR count). The van der Waals surface area contributed by atoms with Gasteiger partial charge in [-0.25, -0.2) is 4.98 Å².